The molecular weight excluding hydrogens is 226 g/mol. The van der Waals surface area contributed by atoms with E-state index in [0.717, 1.165) is 30.0 Å². The molecule has 1 saturated carbocycles. The Morgan fingerprint density at radius 2 is 2.33 bits per heavy atom. The predicted molar refractivity (Wildman–Crippen MR) is 70.2 cm³/mol. The molecule has 0 radical (unpaired) electrons. The van der Waals surface area contributed by atoms with Crippen LogP contribution in [0.4, 0.5) is 0 Å². The van der Waals surface area contributed by atoms with Crippen LogP contribution in [-0.4, -0.2) is 23.8 Å². The number of nitrogens with zero attached hydrogens (tertiary/aromatic N) is 1. The van der Waals surface area contributed by atoms with Crippen LogP contribution in [0.25, 0.3) is 0 Å². The lowest BCUT2D eigenvalue weighted by Gasteiger charge is -2.26. The largest absolute Gasteiger partial charge is 0.361 e. The second-order valence-electron chi connectivity index (χ2n) is 5.71. The van der Waals surface area contributed by atoms with Crippen molar-refractivity contribution in [3.63, 3.8) is 0 Å². The number of rotatable bonds is 4. The van der Waals surface area contributed by atoms with Crippen LogP contribution in [-0.2, 0) is 6.54 Å². The number of hydrogen-bond donors (Lipinski definition) is 2. The molecule has 2 heterocycles. The minimum atomic E-state index is 0.651. The first kappa shape index (κ1) is 12.2. The van der Waals surface area contributed by atoms with Gasteiger partial charge < -0.3 is 15.2 Å². The molecule has 2 N–H and O–H groups in total. The summed E-state index contributed by atoms with van der Waals surface area (Å²) >= 11 is 0. The first-order chi connectivity index (χ1) is 8.83. The monoisotopic (exact) mass is 249 g/mol. The van der Waals surface area contributed by atoms with Crippen molar-refractivity contribution in [3.8, 4) is 0 Å². The summed E-state index contributed by atoms with van der Waals surface area (Å²) in [6, 6.07) is 3.41. The van der Waals surface area contributed by atoms with Crippen molar-refractivity contribution >= 4 is 0 Å². The van der Waals surface area contributed by atoms with Gasteiger partial charge in [0.25, 0.3) is 0 Å². The maximum absolute atomic E-state index is 5.10. The highest BCUT2D eigenvalue weighted by molar-refractivity contribution is 5.04. The second-order valence-corrected chi connectivity index (χ2v) is 5.71. The van der Waals surface area contributed by atoms with Gasteiger partial charge in [-0.05, 0) is 45.1 Å². The molecule has 3 atom stereocenters. The molecule has 1 aromatic heterocycles. The van der Waals surface area contributed by atoms with E-state index < -0.39 is 0 Å². The molecule has 18 heavy (non-hydrogen) atoms. The fourth-order valence-electron chi connectivity index (χ4n) is 3.54. The Morgan fingerprint density at radius 1 is 1.39 bits per heavy atom. The Bertz CT molecular complexity index is 384. The molecule has 3 unspecified atom stereocenters. The summed E-state index contributed by atoms with van der Waals surface area (Å²) in [7, 11) is 0. The van der Waals surface area contributed by atoms with Crippen molar-refractivity contribution in [3.05, 3.63) is 17.5 Å². The fourth-order valence-corrected chi connectivity index (χ4v) is 3.54. The highest BCUT2D eigenvalue weighted by Gasteiger charge is 2.34. The molecule has 0 spiro atoms. The Labute approximate surface area is 108 Å². The third-order valence-corrected chi connectivity index (χ3v) is 4.41. The van der Waals surface area contributed by atoms with Gasteiger partial charge in [0.1, 0.15) is 5.76 Å². The SMILES string of the molecule is Cc1cc(CNC2CCCC2C2CCCN2)no1. The molecule has 0 bridgehead atoms. The predicted octanol–water partition coefficient (Wildman–Crippen LogP) is 1.99. The third kappa shape index (κ3) is 2.59. The highest BCUT2D eigenvalue weighted by Crippen LogP contribution is 2.32. The molecule has 1 saturated heterocycles. The Hall–Kier alpha value is -0.870. The quantitative estimate of drug-likeness (QED) is 0.857. The van der Waals surface area contributed by atoms with Crippen LogP contribution in [0.2, 0.25) is 0 Å². The Balaban J connectivity index is 1.54. The molecule has 1 aromatic rings. The van der Waals surface area contributed by atoms with Crippen LogP contribution in [0.3, 0.4) is 0 Å². The maximum Gasteiger partial charge on any atom is 0.133 e. The van der Waals surface area contributed by atoms with Gasteiger partial charge in [0.2, 0.25) is 0 Å². The average molecular weight is 249 g/mol. The number of hydrogen-bond acceptors (Lipinski definition) is 4. The molecule has 4 nitrogen and oxygen atoms in total. The van der Waals surface area contributed by atoms with Gasteiger partial charge in [-0.2, -0.15) is 0 Å². The van der Waals surface area contributed by atoms with Gasteiger partial charge in [-0.3, -0.25) is 0 Å². The molecule has 2 fully saturated rings. The van der Waals surface area contributed by atoms with E-state index >= 15 is 0 Å². The molecule has 0 aromatic carbocycles. The van der Waals surface area contributed by atoms with Crippen molar-refractivity contribution < 1.29 is 4.52 Å². The molecule has 100 valence electrons. The summed E-state index contributed by atoms with van der Waals surface area (Å²) in [5, 5.41) is 11.4. The normalized spacial score (nSPS) is 32.2. The van der Waals surface area contributed by atoms with Gasteiger partial charge in [-0.15, -0.1) is 0 Å². The van der Waals surface area contributed by atoms with Crippen LogP contribution < -0.4 is 10.6 Å². The molecule has 1 aliphatic heterocycles. The summed E-state index contributed by atoms with van der Waals surface area (Å²) in [5.74, 6) is 1.70. The van der Waals surface area contributed by atoms with Gasteiger partial charge in [-0.25, -0.2) is 0 Å². The zero-order valence-corrected chi connectivity index (χ0v) is 11.1. The third-order valence-electron chi connectivity index (χ3n) is 4.41. The van der Waals surface area contributed by atoms with Gasteiger partial charge >= 0.3 is 0 Å². The molecule has 0 amide bonds. The summed E-state index contributed by atoms with van der Waals surface area (Å²) < 4.78 is 5.10. The lowest BCUT2D eigenvalue weighted by atomic mass is 9.93. The summed E-state index contributed by atoms with van der Waals surface area (Å²) in [6.07, 6.45) is 6.73. The van der Waals surface area contributed by atoms with E-state index in [-0.39, 0.29) is 0 Å². The first-order valence-electron chi connectivity index (χ1n) is 7.22. The van der Waals surface area contributed by atoms with E-state index in [4.69, 9.17) is 4.52 Å². The van der Waals surface area contributed by atoms with E-state index in [2.05, 4.69) is 15.8 Å². The van der Waals surface area contributed by atoms with Crippen LogP contribution in [0, 0.1) is 12.8 Å². The highest BCUT2D eigenvalue weighted by atomic mass is 16.5. The topological polar surface area (TPSA) is 50.1 Å². The first-order valence-corrected chi connectivity index (χ1v) is 7.22. The van der Waals surface area contributed by atoms with Gasteiger partial charge in [0.15, 0.2) is 0 Å². The van der Waals surface area contributed by atoms with E-state index in [1.807, 2.05) is 13.0 Å². The molecule has 3 rings (SSSR count). The van der Waals surface area contributed by atoms with Crippen molar-refractivity contribution in [1.29, 1.82) is 0 Å². The van der Waals surface area contributed by atoms with Crippen molar-refractivity contribution in [2.45, 2.75) is 57.7 Å². The van der Waals surface area contributed by atoms with E-state index in [1.54, 1.807) is 0 Å². The van der Waals surface area contributed by atoms with Gasteiger partial charge in [0, 0.05) is 24.7 Å². The minimum Gasteiger partial charge on any atom is -0.361 e. The van der Waals surface area contributed by atoms with Crippen LogP contribution in [0.1, 0.15) is 43.6 Å². The molecule has 4 heteroatoms. The zero-order valence-electron chi connectivity index (χ0n) is 11.1. The average Bonchev–Trinajstić information content (AvgIpc) is 3.07. The van der Waals surface area contributed by atoms with Gasteiger partial charge in [-0.1, -0.05) is 11.6 Å². The summed E-state index contributed by atoms with van der Waals surface area (Å²) in [6.45, 7) is 3.99. The standard InChI is InChI=1S/C14H23N3O/c1-10-8-11(17-18-10)9-16-14-5-2-4-12(14)13-6-3-7-15-13/h8,12-16H,2-7,9H2,1H3. The zero-order chi connectivity index (χ0) is 12.4. The Morgan fingerprint density at radius 3 is 3.06 bits per heavy atom. The van der Waals surface area contributed by atoms with E-state index in [9.17, 15) is 0 Å². The van der Waals surface area contributed by atoms with E-state index in [0.29, 0.717) is 6.04 Å². The van der Waals surface area contributed by atoms with Crippen molar-refractivity contribution in [2.24, 2.45) is 5.92 Å². The summed E-state index contributed by atoms with van der Waals surface area (Å²) in [4.78, 5) is 0. The van der Waals surface area contributed by atoms with Crippen molar-refractivity contribution in [2.75, 3.05) is 6.54 Å². The van der Waals surface area contributed by atoms with Crippen LogP contribution in [0.5, 0.6) is 0 Å². The molecule has 1 aliphatic carbocycles. The lowest BCUT2D eigenvalue weighted by Crippen LogP contribution is -2.41. The number of aryl methyl sites for hydroxylation is 1. The maximum atomic E-state index is 5.10. The van der Waals surface area contributed by atoms with Crippen LogP contribution in [0.15, 0.2) is 10.6 Å². The number of aromatic nitrogens is 1. The second kappa shape index (κ2) is 5.41. The lowest BCUT2D eigenvalue weighted by molar-refractivity contribution is 0.315. The smallest absolute Gasteiger partial charge is 0.133 e. The number of nitrogens with one attached hydrogen (secondary N) is 2. The minimum absolute atomic E-state index is 0.651. The summed E-state index contributed by atoms with van der Waals surface area (Å²) in [5.41, 5.74) is 1.03. The van der Waals surface area contributed by atoms with Crippen LogP contribution >= 0.6 is 0 Å². The van der Waals surface area contributed by atoms with Crippen molar-refractivity contribution in [1.82, 2.24) is 15.8 Å². The molecular formula is C14H23N3O. The Kier molecular flexibility index (Phi) is 3.66. The van der Waals surface area contributed by atoms with E-state index in [1.165, 1.54) is 38.6 Å². The fraction of sp³-hybridized carbons (Fsp3) is 0.786. The molecule has 2 aliphatic rings. The van der Waals surface area contributed by atoms with Gasteiger partial charge in [0.05, 0.1) is 5.69 Å².